The SMILES string of the molecule is CCN(C)c1ccccc1CNC1CCN2CCCC2C1. The molecule has 2 fully saturated rings. The molecule has 1 aromatic carbocycles. The van der Waals surface area contributed by atoms with Crippen LogP contribution in [0.1, 0.15) is 38.2 Å². The van der Waals surface area contributed by atoms with Gasteiger partial charge in [-0.15, -0.1) is 0 Å². The van der Waals surface area contributed by atoms with Crippen LogP contribution in [-0.2, 0) is 6.54 Å². The molecule has 116 valence electrons. The average molecular weight is 287 g/mol. The van der Waals surface area contributed by atoms with Crippen molar-refractivity contribution in [3.63, 3.8) is 0 Å². The third kappa shape index (κ3) is 3.41. The van der Waals surface area contributed by atoms with E-state index in [0.717, 1.165) is 19.1 Å². The number of hydrogen-bond donors (Lipinski definition) is 1. The standard InChI is InChI=1S/C18H29N3/c1-3-20(2)18-9-5-4-7-15(18)14-19-16-10-12-21-11-6-8-17(21)13-16/h4-5,7,9,16-17,19H,3,6,8,10-14H2,1-2H3. The van der Waals surface area contributed by atoms with E-state index >= 15 is 0 Å². The van der Waals surface area contributed by atoms with Crippen molar-refractivity contribution in [3.05, 3.63) is 29.8 Å². The highest BCUT2D eigenvalue weighted by Gasteiger charge is 2.31. The highest BCUT2D eigenvalue weighted by Crippen LogP contribution is 2.27. The summed E-state index contributed by atoms with van der Waals surface area (Å²) >= 11 is 0. The molecule has 2 unspecified atom stereocenters. The van der Waals surface area contributed by atoms with Crippen LogP contribution in [-0.4, -0.2) is 43.7 Å². The van der Waals surface area contributed by atoms with Crippen LogP contribution in [0.5, 0.6) is 0 Å². The molecule has 1 N–H and O–H groups in total. The largest absolute Gasteiger partial charge is 0.375 e. The van der Waals surface area contributed by atoms with E-state index in [0.29, 0.717) is 6.04 Å². The second kappa shape index (κ2) is 6.80. The molecule has 0 amide bonds. The molecule has 0 saturated carbocycles. The van der Waals surface area contributed by atoms with Gasteiger partial charge in [-0.2, -0.15) is 0 Å². The van der Waals surface area contributed by atoms with Gasteiger partial charge in [0.2, 0.25) is 0 Å². The van der Waals surface area contributed by atoms with E-state index in [1.165, 1.54) is 50.0 Å². The van der Waals surface area contributed by atoms with Crippen molar-refractivity contribution in [2.45, 2.75) is 51.2 Å². The molecule has 2 aliphatic heterocycles. The summed E-state index contributed by atoms with van der Waals surface area (Å²) in [6.45, 7) is 6.88. The van der Waals surface area contributed by atoms with Gasteiger partial charge in [0.25, 0.3) is 0 Å². The minimum Gasteiger partial charge on any atom is -0.375 e. The maximum Gasteiger partial charge on any atom is 0.0409 e. The molecule has 0 aromatic heterocycles. The molecule has 3 nitrogen and oxygen atoms in total. The van der Waals surface area contributed by atoms with E-state index in [4.69, 9.17) is 0 Å². The number of nitrogens with one attached hydrogen (secondary N) is 1. The van der Waals surface area contributed by atoms with Crippen molar-refractivity contribution in [1.82, 2.24) is 10.2 Å². The van der Waals surface area contributed by atoms with Crippen molar-refractivity contribution >= 4 is 5.69 Å². The molecule has 0 aliphatic carbocycles. The zero-order valence-corrected chi connectivity index (χ0v) is 13.5. The minimum absolute atomic E-state index is 0.698. The Bertz CT molecular complexity index is 460. The summed E-state index contributed by atoms with van der Waals surface area (Å²) in [5, 5.41) is 3.82. The van der Waals surface area contributed by atoms with Gasteiger partial charge >= 0.3 is 0 Å². The number of piperidine rings is 1. The molecule has 2 saturated heterocycles. The molecule has 3 rings (SSSR count). The van der Waals surface area contributed by atoms with Gasteiger partial charge in [-0.1, -0.05) is 18.2 Å². The number of benzene rings is 1. The smallest absolute Gasteiger partial charge is 0.0409 e. The van der Waals surface area contributed by atoms with Crippen molar-refractivity contribution in [2.75, 3.05) is 31.6 Å². The fourth-order valence-corrected chi connectivity index (χ4v) is 3.87. The van der Waals surface area contributed by atoms with Gasteiger partial charge < -0.3 is 15.1 Å². The summed E-state index contributed by atoms with van der Waals surface area (Å²) in [6, 6.07) is 10.3. The predicted octanol–water partition coefficient (Wildman–Crippen LogP) is 2.86. The monoisotopic (exact) mass is 287 g/mol. The van der Waals surface area contributed by atoms with Crippen LogP contribution < -0.4 is 10.2 Å². The van der Waals surface area contributed by atoms with Crippen LogP contribution in [0.2, 0.25) is 0 Å². The van der Waals surface area contributed by atoms with Gasteiger partial charge in [-0.25, -0.2) is 0 Å². The lowest BCUT2D eigenvalue weighted by Crippen LogP contribution is -2.45. The van der Waals surface area contributed by atoms with E-state index < -0.39 is 0 Å². The van der Waals surface area contributed by atoms with Gasteiger partial charge in [-0.3, -0.25) is 0 Å². The zero-order chi connectivity index (χ0) is 14.7. The summed E-state index contributed by atoms with van der Waals surface area (Å²) in [5.74, 6) is 0. The first-order valence-electron chi connectivity index (χ1n) is 8.54. The summed E-state index contributed by atoms with van der Waals surface area (Å²) in [4.78, 5) is 5.02. The van der Waals surface area contributed by atoms with Gasteiger partial charge in [0, 0.05) is 37.9 Å². The Balaban J connectivity index is 1.58. The molecule has 21 heavy (non-hydrogen) atoms. The van der Waals surface area contributed by atoms with E-state index in [1.54, 1.807) is 0 Å². The van der Waals surface area contributed by atoms with Gasteiger partial charge in [-0.05, 0) is 57.3 Å². The van der Waals surface area contributed by atoms with Crippen molar-refractivity contribution in [2.24, 2.45) is 0 Å². The summed E-state index contributed by atoms with van der Waals surface area (Å²) in [7, 11) is 2.18. The number of anilines is 1. The first-order valence-corrected chi connectivity index (χ1v) is 8.54. The Morgan fingerprint density at radius 2 is 2.10 bits per heavy atom. The maximum atomic E-state index is 3.82. The Kier molecular flexibility index (Phi) is 4.81. The average Bonchev–Trinajstić information content (AvgIpc) is 3.00. The summed E-state index contributed by atoms with van der Waals surface area (Å²) in [6.07, 6.45) is 5.46. The maximum absolute atomic E-state index is 3.82. The van der Waals surface area contributed by atoms with Crippen LogP contribution in [0.15, 0.2) is 24.3 Å². The molecule has 2 atom stereocenters. The summed E-state index contributed by atoms with van der Waals surface area (Å²) in [5.41, 5.74) is 2.79. The molecule has 2 heterocycles. The first kappa shape index (κ1) is 14.9. The molecular weight excluding hydrogens is 258 g/mol. The predicted molar refractivity (Wildman–Crippen MR) is 89.8 cm³/mol. The molecule has 0 bridgehead atoms. The second-order valence-electron chi connectivity index (χ2n) is 6.58. The van der Waals surface area contributed by atoms with E-state index in [1.807, 2.05) is 0 Å². The lowest BCUT2D eigenvalue weighted by atomic mass is 9.97. The fraction of sp³-hybridized carbons (Fsp3) is 0.667. The van der Waals surface area contributed by atoms with Gasteiger partial charge in [0.05, 0.1) is 0 Å². The van der Waals surface area contributed by atoms with Crippen LogP contribution in [0.3, 0.4) is 0 Å². The molecule has 0 radical (unpaired) electrons. The van der Waals surface area contributed by atoms with Crippen LogP contribution in [0.4, 0.5) is 5.69 Å². The first-order chi connectivity index (χ1) is 10.3. The Morgan fingerprint density at radius 3 is 2.95 bits per heavy atom. The third-order valence-electron chi connectivity index (χ3n) is 5.28. The normalized spacial score (nSPS) is 25.8. The van der Waals surface area contributed by atoms with E-state index in [9.17, 15) is 0 Å². The Morgan fingerprint density at radius 1 is 1.24 bits per heavy atom. The number of nitrogens with zero attached hydrogens (tertiary/aromatic N) is 2. The van der Waals surface area contributed by atoms with Crippen LogP contribution in [0, 0.1) is 0 Å². The molecule has 2 aliphatic rings. The second-order valence-corrected chi connectivity index (χ2v) is 6.58. The van der Waals surface area contributed by atoms with Crippen LogP contribution >= 0.6 is 0 Å². The highest BCUT2D eigenvalue weighted by atomic mass is 15.2. The van der Waals surface area contributed by atoms with E-state index in [2.05, 4.69) is 53.4 Å². The zero-order valence-electron chi connectivity index (χ0n) is 13.5. The number of para-hydroxylation sites is 1. The van der Waals surface area contributed by atoms with Gasteiger partial charge in [0.1, 0.15) is 0 Å². The fourth-order valence-electron chi connectivity index (χ4n) is 3.87. The Hall–Kier alpha value is -1.06. The molecule has 1 aromatic rings. The lowest BCUT2D eigenvalue weighted by Gasteiger charge is -2.35. The third-order valence-corrected chi connectivity index (χ3v) is 5.28. The van der Waals surface area contributed by atoms with Gasteiger partial charge in [0.15, 0.2) is 0 Å². The number of fused-ring (bicyclic) bond motifs is 1. The number of rotatable bonds is 5. The van der Waals surface area contributed by atoms with Crippen molar-refractivity contribution in [3.8, 4) is 0 Å². The molecule has 3 heteroatoms. The van der Waals surface area contributed by atoms with E-state index in [-0.39, 0.29) is 0 Å². The molecule has 0 spiro atoms. The lowest BCUT2D eigenvalue weighted by molar-refractivity contribution is 0.166. The van der Waals surface area contributed by atoms with Crippen molar-refractivity contribution < 1.29 is 0 Å². The topological polar surface area (TPSA) is 18.5 Å². The minimum atomic E-state index is 0.698. The van der Waals surface area contributed by atoms with Crippen LogP contribution in [0.25, 0.3) is 0 Å². The number of hydrogen-bond acceptors (Lipinski definition) is 3. The summed E-state index contributed by atoms with van der Waals surface area (Å²) < 4.78 is 0. The molecular formula is C18H29N3. The Labute approximate surface area is 129 Å². The van der Waals surface area contributed by atoms with Crippen molar-refractivity contribution in [1.29, 1.82) is 0 Å². The quantitative estimate of drug-likeness (QED) is 0.898. The highest BCUT2D eigenvalue weighted by molar-refractivity contribution is 5.52.